The van der Waals surface area contributed by atoms with E-state index in [0.29, 0.717) is 25.3 Å². The van der Waals surface area contributed by atoms with Crippen LogP contribution in [0.15, 0.2) is 48.5 Å². The summed E-state index contributed by atoms with van der Waals surface area (Å²) in [5.41, 5.74) is 2.55. The predicted molar refractivity (Wildman–Crippen MR) is 122 cm³/mol. The highest BCUT2D eigenvalue weighted by atomic mass is 32.2. The molecule has 0 unspecified atom stereocenters. The molecule has 164 valence electrons. The van der Waals surface area contributed by atoms with Crippen molar-refractivity contribution in [1.29, 1.82) is 0 Å². The molecular formula is C23H32N2O4S. The number of hydrogen-bond donors (Lipinski definition) is 1. The second-order valence-electron chi connectivity index (χ2n) is 7.16. The molecule has 1 amide bonds. The van der Waals surface area contributed by atoms with Crippen LogP contribution in [0.2, 0.25) is 0 Å². The SMILES string of the molecule is CCCOc1ccccc1CCCNC(=O)CN(c1ccccc1CC)S(C)(=O)=O. The first kappa shape index (κ1) is 23.7. The molecule has 7 heteroatoms. The number of anilines is 1. The standard InChI is InChI=1S/C23H32N2O4S/c1-4-17-29-22-15-9-7-12-20(22)13-10-16-24-23(26)18-25(30(3,27)28)21-14-8-6-11-19(21)5-2/h6-9,11-12,14-15H,4-5,10,13,16-18H2,1-3H3,(H,24,26). The highest BCUT2D eigenvalue weighted by Crippen LogP contribution is 2.23. The Hall–Kier alpha value is -2.54. The molecule has 0 radical (unpaired) electrons. The van der Waals surface area contributed by atoms with E-state index in [0.717, 1.165) is 42.4 Å². The average Bonchev–Trinajstić information content (AvgIpc) is 2.73. The number of carbonyl (C=O) groups is 1. The van der Waals surface area contributed by atoms with Gasteiger partial charge in [-0.15, -0.1) is 0 Å². The van der Waals surface area contributed by atoms with Crippen molar-refractivity contribution in [3.8, 4) is 5.75 Å². The Morgan fingerprint density at radius 3 is 2.37 bits per heavy atom. The van der Waals surface area contributed by atoms with Gasteiger partial charge >= 0.3 is 0 Å². The van der Waals surface area contributed by atoms with Crippen LogP contribution in [-0.2, 0) is 27.7 Å². The molecule has 0 saturated heterocycles. The van der Waals surface area contributed by atoms with Crippen LogP contribution in [0.1, 0.15) is 37.8 Å². The van der Waals surface area contributed by atoms with E-state index >= 15 is 0 Å². The van der Waals surface area contributed by atoms with E-state index in [1.807, 2.05) is 43.3 Å². The van der Waals surface area contributed by atoms with E-state index in [1.54, 1.807) is 12.1 Å². The minimum atomic E-state index is -3.58. The molecule has 2 aromatic rings. The molecular weight excluding hydrogens is 400 g/mol. The zero-order valence-corrected chi connectivity index (χ0v) is 18.9. The van der Waals surface area contributed by atoms with Gasteiger partial charge in [-0.25, -0.2) is 8.42 Å². The van der Waals surface area contributed by atoms with Gasteiger partial charge in [0.1, 0.15) is 12.3 Å². The molecule has 1 N–H and O–H groups in total. The van der Waals surface area contributed by atoms with Gasteiger partial charge in [0.15, 0.2) is 0 Å². The third kappa shape index (κ3) is 7.06. The largest absolute Gasteiger partial charge is 0.493 e. The van der Waals surface area contributed by atoms with E-state index in [1.165, 1.54) is 4.31 Å². The highest BCUT2D eigenvalue weighted by Gasteiger charge is 2.22. The van der Waals surface area contributed by atoms with Crippen LogP contribution in [-0.4, -0.2) is 40.3 Å². The van der Waals surface area contributed by atoms with Gasteiger partial charge in [-0.05, 0) is 48.9 Å². The lowest BCUT2D eigenvalue weighted by Gasteiger charge is -2.24. The maximum absolute atomic E-state index is 12.5. The zero-order valence-electron chi connectivity index (χ0n) is 18.1. The zero-order chi connectivity index (χ0) is 22.0. The van der Waals surface area contributed by atoms with E-state index in [2.05, 4.69) is 12.2 Å². The van der Waals surface area contributed by atoms with E-state index < -0.39 is 10.0 Å². The molecule has 0 aliphatic rings. The van der Waals surface area contributed by atoms with Crippen LogP contribution in [0, 0.1) is 0 Å². The van der Waals surface area contributed by atoms with Crippen molar-refractivity contribution < 1.29 is 17.9 Å². The Morgan fingerprint density at radius 2 is 1.70 bits per heavy atom. The summed E-state index contributed by atoms with van der Waals surface area (Å²) in [6.45, 7) is 4.94. The normalized spacial score (nSPS) is 11.2. The first-order chi connectivity index (χ1) is 14.4. The first-order valence-corrected chi connectivity index (χ1v) is 12.2. The fourth-order valence-corrected chi connectivity index (χ4v) is 4.08. The van der Waals surface area contributed by atoms with E-state index in [-0.39, 0.29) is 12.5 Å². The quantitative estimate of drug-likeness (QED) is 0.521. The van der Waals surface area contributed by atoms with Crippen molar-refractivity contribution in [2.75, 3.05) is 30.3 Å². The van der Waals surface area contributed by atoms with Gasteiger partial charge in [-0.1, -0.05) is 50.2 Å². The maximum atomic E-state index is 12.5. The van der Waals surface area contributed by atoms with Gasteiger partial charge in [0.05, 0.1) is 18.6 Å². The number of para-hydroxylation sites is 2. The van der Waals surface area contributed by atoms with Crippen molar-refractivity contribution in [3.63, 3.8) is 0 Å². The summed E-state index contributed by atoms with van der Waals surface area (Å²) in [6.07, 6.45) is 4.27. The van der Waals surface area contributed by atoms with Crippen molar-refractivity contribution in [1.82, 2.24) is 5.32 Å². The number of aryl methyl sites for hydroxylation is 2. The molecule has 2 aromatic carbocycles. The number of ether oxygens (including phenoxy) is 1. The number of hydrogen-bond acceptors (Lipinski definition) is 4. The molecule has 0 heterocycles. The third-order valence-corrected chi connectivity index (χ3v) is 5.83. The summed E-state index contributed by atoms with van der Waals surface area (Å²) in [7, 11) is -3.58. The van der Waals surface area contributed by atoms with Crippen LogP contribution in [0.5, 0.6) is 5.75 Å². The van der Waals surface area contributed by atoms with Crippen molar-refractivity contribution >= 4 is 21.6 Å². The lowest BCUT2D eigenvalue weighted by Crippen LogP contribution is -2.41. The molecule has 0 aromatic heterocycles. The molecule has 6 nitrogen and oxygen atoms in total. The molecule has 30 heavy (non-hydrogen) atoms. The van der Waals surface area contributed by atoms with Crippen molar-refractivity contribution in [3.05, 3.63) is 59.7 Å². The van der Waals surface area contributed by atoms with Gasteiger partial charge in [-0.3, -0.25) is 9.10 Å². The van der Waals surface area contributed by atoms with Gasteiger partial charge in [0, 0.05) is 6.54 Å². The Balaban J connectivity index is 1.93. The summed E-state index contributed by atoms with van der Waals surface area (Å²) in [5, 5.41) is 2.84. The van der Waals surface area contributed by atoms with Crippen LogP contribution >= 0.6 is 0 Å². The topological polar surface area (TPSA) is 75.7 Å². The van der Waals surface area contributed by atoms with Crippen LogP contribution in [0.3, 0.4) is 0 Å². The first-order valence-electron chi connectivity index (χ1n) is 10.4. The lowest BCUT2D eigenvalue weighted by molar-refractivity contribution is -0.119. The molecule has 0 aliphatic heterocycles. The number of nitrogens with zero attached hydrogens (tertiary/aromatic N) is 1. The number of benzene rings is 2. The number of sulfonamides is 1. The summed E-state index contributed by atoms with van der Waals surface area (Å²) in [5.74, 6) is 0.562. The maximum Gasteiger partial charge on any atom is 0.240 e. The molecule has 0 saturated carbocycles. The van der Waals surface area contributed by atoms with Gasteiger partial charge < -0.3 is 10.1 Å². The minimum absolute atomic E-state index is 0.230. The fourth-order valence-electron chi connectivity index (χ4n) is 3.19. The van der Waals surface area contributed by atoms with Crippen molar-refractivity contribution in [2.45, 2.75) is 39.5 Å². The lowest BCUT2D eigenvalue weighted by atomic mass is 10.1. The van der Waals surface area contributed by atoms with Gasteiger partial charge in [0.25, 0.3) is 0 Å². The molecule has 0 bridgehead atoms. The Labute approximate surface area is 180 Å². The Kier molecular flexibility index (Phi) is 9.17. The van der Waals surface area contributed by atoms with Crippen LogP contribution in [0.4, 0.5) is 5.69 Å². The monoisotopic (exact) mass is 432 g/mol. The van der Waals surface area contributed by atoms with E-state index in [9.17, 15) is 13.2 Å². The number of nitrogens with one attached hydrogen (secondary N) is 1. The molecule has 2 rings (SSSR count). The molecule has 0 fully saturated rings. The highest BCUT2D eigenvalue weighted by molar-refractivity contribution is 7.92. The van der Waals surface area contributed by atoms with E-state index in [4.69, 9.17) is 4.74 Å². The number of rotatable bonds is 12. The second-order valence-corrected chi connectivity index (χ2v) is 9.07. The number of amides is 1. The van der Waals surface area contributed by atoms with Gasteiger partial charge in [-0.2, -0.15) is 0 Å². The Bertz CT molecular complexity index is 928. The number of carbonyl (C=O) groups excluding carboxylic acids is 1. The average molecular weight is 433 g/mol. The molecule has 0 spiro atoms. The summed E-state index contributed by atoms with van der Waals surface area (Å²) in [6, 6.07) is 15.2. The summed E-state index contributed by atoms with van der Waals surface area (Å²) < 4.78 is 31.6. The summed E-state index contributed by atoms with van der Waals surface area (Å²) >= 11 is 0. The van der Waals surface area contributed by atoms with Crippen LogP contribution < -0.4 is 14.4 Å². The van der Waals surface area contributed by atoms with Crippen molar-refractivity contribution in [2.24, 2.45) is 0 Å². The minimum Gasteiger partial charge on any atom is -0.493 e. The predicted octanol–water partition coefficient (Wildman–Crippen LogP) is 3.55. The fraction of sp³-hybridized carbons (Fsp3) is 0.435. The summed E-state index contributed by atoms with van der Waals surface area (Å²) in [4.78, 5) is 12.5. The van der Waals surface area contributed by atoms with Crippen LogP contribution in [0.25, 0.3) is 0 Å². The second kappa shape index (κ2) is 11.6. The van der Waals surface area contributed by atoms with Gasteiger partial charge in [0.2, 0.25) is 15.9 Å². The molecule has 0 atom stereocenters. The smallest absolute Gasteiger partial charge is 0.240 e. The third-order valence-electron chi connectivity index (χ3n) is 4.71. The molecule has 0 aliphatic carbocycles. The Morgan fingerprint density at radius 1 is 1.03 bits per heavy atom.